The molecule has 1 aliphatic heterocycles. The first kappa shape index (κ1) is 22.0. The van der Waals surface area contributed by atoms with E-state index in [1.165, 1.54) is 11.8 Å². The maximum Gasteiger partial charge on any atom is 0.286 e. The second-order valence-electron chi connectivity index (χ2n) is 7.34. The Morgan fingerprint density at radius 2 is 2.09 bits per heavy atom. The number of thioether (sulfide) groups is 1. The molecule has 2 aromatic carbocycles. The molecule has 0 aliphatic carbocycles. The first-order chi connectivity index (χ1) is 15.4. The molecule has 0 radical (unpaired) electrons. The van der Waals surface area contributed by atoms with Crippen LogP contribution in [0.1, 0.15) is 18.9 Å². The van der Waals surface area contributed by atoms with Crippen molar-refractivity contribution in [3.05, 3.63) is 70.2 Å². The van der Waals surface area contributed by atoms with Gasteiger partial charge in [0.25, 0.3) is 5.91 Å². The summed E-state index contributed by atoms with van der Waals surface area (Å²) in [6, 6.07) is 14.4. The van der Waals surface area contributed by atoms with Crippen molar-refractivity contribution in [3.8, 4) is 0 Å². The molecule has 0 unspecified atom stereocenters. The van der Waals surface area contributed by atoms with Crippen LogP contribution in [-0.2, 0) is 9.59 Å². The maximum absolute atomic E-state index is 12.4. The number of benzene rings is 2. The quantitative estimate of drug-likeness (QED) is 0.473. The average molecular weight is 466 g/mol. The summed E-state index contributed by atoms with van der Waals surface area (Å²) < 4.78 is 0. The van der Waals surface area contributed by atoms with Crippen molar-refractivity contribution in [2.75, 3.05) is 10.6 Å². The molecule has 2 amide bonds. The van der Waals surface area contributed by atoms with E-state index >= 15 is 0 Å². The fourth-order valence-corrected chi connectivity index (χ4v) is 4.11. The van der Waals surface area contributed by atoms with E-state index in [0.29, 0.717) is 26.5 Å². The smallest absolute Gasteiger partial charge is 0.286 e. The number of amides is 2. The number of amidine groups is 1. The predicted octanol–water partition coefficient (Wildman–Crippen LogP) is 4.65. The molecule has 3 aromatic rings. The van der Waals surface area contributed by atoms with Crippen LogP contribution in [0.2, 0.25) is 5.02 Å². The lowest BCUT2D eigenvalue weighted by Crippen LogP contribution is -2.24. The third-order valence-corrected chi connectivity index (χ3v) is 5.77. The number of fused-ring (bicyclic) bond motifs is 1. The number of halogens is 1. The predicted molar refractivity (Wildman–Crippen MR) is 132 cm³/mol. The van der Waals surface area contributed by atoms with Crippen molar-refractivity contribution in [1.82, 2.24) is 4.98 Å². The van der Waals surface area contributed by atoms with Gasteiger partial charge in [-0.2, -0.15) is 4.99 Å². The fraction of sp³-hybridized carbons (Fsp3) is 0.130. The summed E-state index contributed by atoms with van der Waals surface area (Å²) in [5.41, 5.74) is 8.54. The molecule has 1 aliphatic rings. The highest BCUT2D eigenvalue weighted by molar-refractivity contribution is 8.18. The third kappa shape index (κ3) is 5.34. The lowest BCUT2D eigenvalue weighted by molar-refractivity contribution is -0.116. The lowest BCUT2D eigenvalue weighted by Gasteiger charge is -2.11. The summed E-state index contributed by atoms with van der Waals surface area (Å²) in [5, 5.41) is 7.69. The van der Waals surface area contributed by atoms with E-state index in [4.69, 9.17) is 17.3 Å². The molecule has 0 saturated heterocycles. The Bertz CT molecular complexity index is 1270. The highest BCUT2D eigenvalue weighted by atomic mass is 35.5. The van der Waals surface area contributed by atoms with Crippen LogP contribution in [0.5, 0.6) is 0 Å². The number of carbonyl (C=O) groups is 2. The number of aliphatic imine (C=N–C) groups is 1. The van der Waals surface area contributed by atoms with E-state index < -0.39 is 0 Å². The Kier molecular flexibility index (Phi) is 6.55. The van der Waals surface area contributed by atoms with Crippen LogP contribution in [-0.4, -0.2) is 28.0 Å². The number of pyridine rings is 1. The van der Waals surface area contributed by atoms with Crippen LogP contribution in [0.4, 0.5) is 11.4 Å². The van der Waals surface area contributed by atoms with E-state index in [9.17, 15) is 9.59 Å². The Morgan fingerprint density at radius 1 is 1.25 bits per heavy atom. The van der Waals surface area contributed by atoms with Gasteiger partial charge in [0.1, 0.15) is 0 Å². The Hall–Kier alpha value is -3.20. The molecule has 0 bridgehead atoms. The highest BCUT2D eigenvalue weighted by Crippen LogP contribution is 2.32. The molecular formula is C23H20ClN5O2S. The van der Waals surface area contributed by atoms with E-state index in [-0.39, 0.29) is 24.3 Å². The number of hydrogen-bond acceptors (Lipinski definition) is 6. The number of hydrogen-bond donors (Lipinski definition) is 3. The standard InChI is InChI=1S/C23H20ClN5O2S/c1-13(25)9-21(30)27-16-5-6-17(24)19(12-16)28-23-29-22(31)20(32-23)11-14-4-7-18-15(10-14)3-2-8-26-18/h2-8,10-13H,9,25H2,1H3,(H,27,30)(H,28,29,31)/b20-11-/t13-/m0/s1. The van der Waals surface area contributed by atoms with Gasteiger partial charge in [-0.15, -0.1) is 0 Å². The molecular weight excluding hydrogens is 446 g/mol. The van der Waals surface area contributed by atoms with Gasteiger partial charge in [-0.1, -0.05) is 23.7 Å². The molecule has 162 valence electrons. The molecule has 4 N–H and O–H groups in total. The van der Waals surface area contributed by atoms with Crippen molar-refractivity contribution >= 4 is 68.7 Å². The molecule has 0 saturated carbocycles. The first-order valence-electron chi connectivity index (χ1n) is 9.87. The molecule has 32 heavy (non-hydrogen) atoms. The summed E-state index contributed by atoms with van der Waals surface area (Å²) in [6.45, 7) is 1.76. The molecule has 7 nitrogen and oxygen atoms in total. The van der Waals surface area contributed by atoms with Crippen LogP contribution < -0.4 is 16.4 Å². The molecule has 1 atom stereocenters. The summed E-state index contributed by atoms with van der Waals surface area (Å²) in [6.07, 6.45) is 3.75. The van der Waals surface area contributed by atoms with Crippen molar-refractivity contribution in [2.45, 2.75) is 19.4 Å². The minimum absolute atomic E-state index is 0.188. The van der Waals surface area contributed by atoms with Crippen molar-refractivity contribution in [3.63, 3.8) is 0 Å². The van der Waals surface area contributed by atoms with Crippen LogP contribution in [0.25, 0.3) is 17.0 Å². The Morgan fingerprint density at radius 3 is 2.91 bits per heavy atom. The molecule has 2 heterocycles. The minimum atomic E-state index is -0.332. The average Bonchev–Trinajstić information content (AvgIpc) is 3.08. The number of rotatable bonds is 5. The summed E-state index contributed by atoms with van der Waals surface area (Å²) >= 11 is 7.51. The first-order valence-corrected chi connectivity index (χ1v) is 11.1. The topological polar surface area (TPSA) is 109 Å². The van der Waals surface area contributed by atoms with Gasteiger partial charge in [-0.05, 0) is 66.7 Å². The molecule has 4 rings (SSSR count). The summed E-state index contributed by atoms with van der Waals surface area (Å²) in [5.74, 6) is -0.520. The van der Waals surface area contributed by atoms with Gasteiger partial charge in [0, 0.05) is 29.7 Å². The van der Waals surface area contributed by atoms with Crippen LogP contribution in [0.3, 0.4) is 0 Å². The number of aromatic nitrogens is 1. The van der Waals surface area contributed by atoms with Crippen molar-refractivity contribution < 1.29 is 9.59 Å². The van der Waals surface area contributed by atoms with Gasteiger partial charge in [-0.3, -0.25) is 14.6 Å². The summed E-state index contributed by atoms with van der Waals surface area (Å²) in [7, 11) is 0. The fourth-order valence-electron chi connectivity index (χ4n) is 3.12. The van der Waals surface area contributed by atoms with Crippen molar-refractivity contribution in [2.24, 2.45) is 10.7 Å². The van der Waals surface area contributed by atoms with Crippen molar-refractivity contribution in [1.29, 1.82) is 0 Å². The zero-order valence-electron chi connectivity index (χ0n) is 17.1. The number of carbonyl (C=O) groups excluding carboxylic acids is 2. The Balaban J connectivity index is 1.48. The zero-order chi connectivity index (χ0) is 22.7. The van der Waals surface area contributed by atoms with Gasteiger partial charge in [-0.25, -0.2) is 0 Å². The van der Waals surface area contributed by atoms with Crippen LogP contribution in [0, 0.1) is 0 Å². The maximum atomic E-state index is 12.4. The van der Waals surface area contributed by atoms with E-state index in [1.807, 2.05) is 30.3 Å². The van der Waals surface area contributed by atoms with E-state index in [2.05, 4.69) is 20.6 Å². The molecule has 9 heteroatoms. The Labute approximate surface area is 194 Å². The zero-order valence-corrected chi connectivity index (χ0v) is 18.7. The second kappa shape index (κ2) is 9.52. The summed E-state index contributed by atoms with van der Waals surface area (Å²) in [4.78, 5) is 33.3. The second-order valence-corrected chi connectivity index (χ2v) is 8.78. The number of nitrogens with zero attached hydrogens (tertiary/aromatic N) is 2. The van der Waals surface area contributed by atoms with Crippen LogP contribution >= 0.6 is 23.4 Å². The van der Waals surface area contributed by atoms with Gasteiger partial charge in [0.05, 0.1) is 21.1 Å². The molecule has 1 aromatic heterocycles. The lowest BCUT2D eigenvalue weighted by atomic mass is 10.1. The number of anilines is 2. The minimum Gasteiger partial charge on any atom is -0.333 e. The van der Waals surface area contributed by atoms with Gasteiger partial charge in [0.2, 0.25) is 5.91 Å². The van der Waals surface area contributed by atoms with E-state index in [0.717, 1.165) is 16.5 Å². The molecule has 0 spiro atoms. The normalized spacial score (nSPS) is 15.7. The van der Waals surface area contributed by atoms with Gasteiger partial charge in [0.15, 0.2) is 5.17 Å². The number of nitrogens with one attached hydrogen (secondary N) is 2. The van der Waals surface area contributed by atoms with Gasteiger partial charge >= 0.3 is 0 Å². The SMILES string of the molecule is C[C@H](N)CC(=O)Nc1ccc(Cl)c(NC2=NC(=O)/C(=C/c3ccc4ncccc4c3)S2)c1. The molecule has 0 fully saturated rings. The monoisotopic (exact) mass is 465 g/mol. The van der Waals surface area contributed by atoms with Crippen LogP contribution in [0.15, 0.2) is 64.6 Å². The van der Waals surface area contributed by atoms with E-state index in [1.54, 1.807) is 37.4 Å². The largest absolute Gasteiger partial charge is 0.333 e. The highest BCUT2D eigenvalue weighted by Gasteiger charge is 2.22. The number of nitrogens with two attached hydrogens (primary N) is 1. The van der Waals surface area contributed by atoms with Gasteiger partial charge < -0.3 is 16.4 Å². The third-order valence-electron chi connectivity index (χ3n) is 4.54.